The van der Waals surface area contributed by atoms with Gasteiger partial charge < -0.3 is 24.8 Å². The summed E-state index contributed by atoms with van der Waals surface area (Å²) < 4.78 is 16.1. The minimum Gasteiger partial charge on any atom is -0.495 e. The predicted octanol–water partition coefficient (Wildman–Crippen LogP) is 4.01. The van der Waals surface area contributed by atoms with Crippen LogP contribution < -0.4 is 24.8 Å². The van der Waals surface area contributed by atoms with E-state index >= 15 is 0 Å². The van der Waals surface area contributed by atoms with Gasteiger partial charge in [-0.3, -0.25) is 0 Å². The maximum atomic E-state index is 5.39. The maximum absolute atomic E-state index is 5.39. The Morgan fingerprint density at radius 3 is 2.77 bits per heavy atom. The molecule has 2 aromatic carbocycles. The smallest absolute Gasteiger partial charge is 0.231 e. The summed E-state index contributed by atoms with van der Waals surface area (Å²) >= 11 is 0. The molecule has 3 aromatic rings. The molecule has 0 bridgehead atoms. The standard InChI is InChI=1S/C19H18N4O3/c1-12-3-5-15(24-2)14(9-12)22-18-7-8-20-19(23-18)21-13-4-6-16-17(10-13)26-11-25-16/h3-10H,11H2,1-2H3,(H2,20,21,22,23). The first kappa shape index (κ1) is 16.0. The minimum atomic E-state index is 0.243. The molecule has 2 heterocycles. The first-order valence-electron chi connectivity index (χ1n) is 8.13. The number of methoxy groups -OCH3 is 1. The molecule has 0 atom stereocenters. The lowest BCUT2D eigenvalue weighted by atomic mass is 10.2. The number of hydrogen-bond acceptors (Lipinski definition) is 7. The minimum absolute atomic E-state index is 0.243. The molecule has 2 N–H and O–H groups in total. The van der Waals surface area contributed by atoms with Gasteiger partial charge >= 0.3 is 0 Å². The van der Waals surface area contributed by atoms with Crippen molar-refractivity contribution in [3.63, 3.8) is 0 Å². The number of nitrogens with zero attached hydrogens (tertiary/aromatic N) is 2. The van der Waals surface area contributed by atoms with Crippen LogP contribution in [0.2, 0.25) is 0 Å². The van der Waals surface area contributed by atoms with E-state index in [0.29, 0.717) is 17.5 Å². The predicted molar refractivity (Wildman–Crippen MR) is 98.9 cm³/mol. The van der Waals surface area contributed by atoms with E-state index in [1.165, 1.54) is 0 Å². The summed E-state index contributed by atoms with van der Waals surface area (Å²) in [5, 5.41) is 6.44. The molecule has 0 saturated heterocycles. The van der Waals surface area contributed by atoms with Crippen molar-refractivity contribution in [3.05, 3.63) is 54.2 Å². The molecule has 0 aliphatic carbocycles. The third-order valence-electron chi connectivity index (χ3n) is 3.90. The lowest BCUT2D eigenvalue weighted by Crippen LogP contribution is -2.01. The highest BCUT2D eigenvalue weighted by Gasteiger charge is 2.13. The highest BCUT2D eigenvalue weighted by atomic mass is 16.7. The number of aryl methyl sites for hydroxylation is 1. The van der Waals surface area contributed by atoms with Gasteiger partial charge in [0.1, 0.15) is 11.6 Å². The fourth-order valence-corrected chi connectivity index (χ4v) is 2.65. The van der Waals surface area contributed by atoms with Gasteiger partial charge in [0.25, 0.3) is 0 Å². The van der Waals surface area contributed by atoms with Gasteiger partial charge in [0.2, 0.25) is 12.7 Å². The van der Waals surface area contributed by atoms with Gasteiger partial charge in [-0.1, -0.05) is 6.07 Å². The van der Waals surface area contributed by atoms with Crippen molar-refractivity contribution in [1.82, 2.24) is 9.97 Å². The first-order chi connectivity index (χ1) is 12.7. The molecular formula is C19H18N4O3. The molecule has 26 heavy (non-hydrogen) atoms. The van der Waals surface area contributed by atoms with E-state index in [0.717, 1.165) is 28.4 Å². The zero-order chi connectivity index (χ0) is 17.9. The van der Waals surface area contributed by atoms with Gasteiger partial charge in [0, 0.05) is 18.0 Å². The summed E-state index contributed by atoms with van der Waals surface area (Å²) in [5.41, 5.74) is 2.79. The van der Waals surface area contributed by atoms with Crippen molar-refractivity contribution in [2.45, 2.75) is 6.92 Å². The molecular weight excluding hydrogens is 332 g/mol. The topological polar surface area (TPSA) is 77.5 Å². The zero-order valence-electron chi connectivity index (χ0n) is 14.4. The lowest BCUT2D eigenvalue weighted by molar-refractivity contribution is 0.174. The largest absolute Gasteiger partial charge is 0.495 e. The van der Waals surface area contributed by atoms with Crippen LogP contribution in [0.4, 0.5) is 23.1 Å². The number of anilines is 4. The number of hydrogen-bond donors (Lipinski definition) is 2. The van der Waals surface area contributed by atoms with Crippen LogP contribution in [0.3, 0.4) is 0 Å². The molecule has 1 aromatic heterocycles. The van der Waals surface area contributed by atoms with Crippen molar-refractivity contribution in [3.8, 4) is 17.2 Å². The quantitative estimate of drug-likeness (QED) is 0.720. The van der Waals surface area contributed by atoms with Crippen LogP contribution in [0.25, 0.3) is 0 Å². The summed E-state index contributed by atoms with van der Waals surface area (Å²) in [7, 11) is 1.64. The van der Waals surface area contributed by atoms with Crippen molar-refractivity contribution in [1.29, 1.82) is 0 Å². The monoisotopic (exact) mass is 350 g/mol. The van der Waals surface area contributed by atoms with E-state index in [2.05, 4.69) is 20.6 Å². The highest BCUT2D eigenvalue weighted by Crippen LogP contribution is 2.35. The Morgan fingerprint density at radius 2 is 1.88 bits per heavy atom. The first-order valence-corrected chi connectivity index (χ1v) is 8.13. The van der Waals surface area contributed by atoms with Crippen LogP contribution in [0.15, 0.2) is 48.7 Å². The van der Waals surface area contributed by atoms with E-state index in [1.807, 2.05) is 43.3 Å². The van der Waals surface area contributed by atoms with Crippen molar-refractivity contribution < 1.29 is 14.2 Å². The van der Waals surface area contributed by atoms with Crippen molar-refractivity contribution in [2.75, 3.05) is 24.5 Å². The molecule has 0 spiro atoms. The average molecular weight is 350 g/mol. The SMILES string of the molecule is COc1ccc(C)cc1Nc1ccnc(Nc2ccc3c(c2)OCO3)n1. The average Bonchev–Trinajstić information content (AvgIpc) is 3.10. The Kier molecular flexibility index (Phi) is 4.18. The van der Waals surface area contributed by atoms with E-state index in [9.17, 15) is 0 Å². The summed E-state index contributed by atoms with van der Waals surface area (Å²) in [6.45, 7) is 2.27. The second kappa shape index (κ2) is 6.79. The fourth-order valence-electron chi connectivity index (χ4n) is 2.65. The van der Waals surface area contributed by atoms with Gasteiger partial charge in [-0.25, -0.2) is 4.98 Å². The molecule has 1 aliphatic heterocycles. The Morgan fingerprint density at radius 1 is 1.00 bits per heavy atom. The van der Waals surface area contributed by atoms with Crippen LogP contribution >= 0.6 is 0 Å². The normalized spacial score (nSPS) is 11.9. The number of benzene rings is 2. The lowest BCUT2D eigenvalue weighted by Gasteiger charge is -2.12. The van der Waals surface area contributed by atoms with Crippen molar-refractivity contribution in [2.24, 2.45) is 0 Å². The van der Waals surface area contributed by atoms with Gasteiger partial charge in [0.15, 0.2) is 11.5 Å². The van der Waals surface area contributed by atoms with Crippen LogP contribution in [0.1, 0.15) is 5.56 Å². The fraction of sp³-hybridized carbons (Fsp3) is 0.158. The summed E-state index contributed by atoms with van der Waals surface area (Å²) in [4.78, 5) is 8.77. The van der Waals surface area contributed by atoms with Crippen LogP contribution in [-0.2, 0) is 0 Å². The summed E-state index contributed by atoms with van der Waals surface area (Å²) in [6.07, 6.45) is 1.69. The summed E-state index contributed by atoms with van der Waals surface area (Å²) in [6, 6.07) is 13.3. The molecule has 0 radical (unpaired) electrons. The molecule has 0 unspecified atom stereocenters. The Balaban J connectivity index is 1.54. The van der Waals surface area contributed by atoms with Crippen LogP contribution in [0.5, 0.6) is 17.2 Å². The second-order valence-corrected chi connectivity index (χ2v) is 5.79. The van der Waals surface area contributed by atoms with E-state index in [-0.39, 0.29) is 6.79 Å². The second-order valence-electron chi connectivity index (χ2n) is 5.79. The Bertz CT molecular complexity index is 946. The van der Waals surface area contributed by atoms with E-state index in [4.69, 9.17) is 14.2 Å². The number of nitrogens with one attached hydrogen (secondary N) is 2. The molecule has 1 aliphatic rings. The van der Waals surface area contributed by atoms with Gasteiger partial charge in [-0.2, -0.15) is 4.98 Å². The van der Waals surface area contributed by atoms with E-state index in [1.54, 1.807) is 19.4 Å². The zero-order valence-corrected chi connectivity index (χ0v) is 14.4. The molecule has 0 saturated carbocycles. The van der Waals surface area contributed by atoms with Gasteiger partial charge in [0.05, 0.1) is 12.8 Å². The van der Waals surface area contributed by atoms with Crippen LogP contribution in [-0.4, -0.2) is 23.9 Å². The third-order valence-corrected chi connectivity index (χ3v) is 3.90. The Labute approximate surface area is 151 Å². The number of fused-ring (bicyclic) bond motifs is 1. The molecule has 0 amide bonds. The van der Waals surface area contributed by atoms with Gasteiger partial charge in [-0.15, -0.1) is 0 Å². The maximum Gasteiger partial charge on any atom is 0.231 e. The molecule has 4 rings (SSSR count). The van der Waals surface area contributed by atoms with E-state index < -0.39 is 0 Å². The molecule has 132 valence electrons. The van der Waals surface area contributed by atoms with Gasteiger partial charge in [-0.05, 0) is 42.8 Å². The number of aromatic nitrogens is 2. The number of ether oxygens (including phenoxy) is 3. The number of rotatable bonds is 5. The summed E-state index contributed by atoms with van der Waals surface area (Å²) in [5.74, 6) is 3.32. The molecule has 7 heteroatoms. The van der Waals surface area contributed by atoms with Crippen molar-refractivity contribution >= 4 is 23.1 Å². The molecule has 0 fully saturated rings. The van der Waals surface area contributed by atoms with Crippen LogP contribution in [0, 0.1) is 6.92 Å². The molecule has 7 nitrogen and oxygen atoms in total. The Hall–Kier alpha value is -3.48. The third kappa shape index (κ3) is 3.32. The highest BCUT2D eigenvalue weighted by molar-refractivity contribution is 5.66.